The number of hydrogen-bond donors (Lipinski definition) is 1. The van der Waals surface area contributed by atoms with Crippen LogP contribution in [0.3, 0.4) is 0 Å². The first-order valence-electron chi connectivity index (χ1n) is 11.2. The Kier molecular flexibility index (Phi) is 7.32. The first kappa shape index (κ1) is 24.6. The average Bonchev–Trinajstić information content (AvgIpc) is 2.83. The van der Waals surface area contributed by atoms with Crippen LogP contribution >= 0.6 is 0 Å². The normalized spacial score (nSPS) is 16.7. The Balaban J connectivity index is 1.47. The molecule has 2 aromatic carbocycles. The van der Waals surface area contributed by atoms with Gasteiger partial charge in [0.1, 0.15) is 0 Å². The number of nitrogens with one attached hydrogen (secondary N) is 1. The fraction of sp³-hybridized carbons (Fsp3) is 0.320. The van der Waals surface area contributed by atoms with Gasteiger partial charge >= 0.3 is 6.18 Å². The Bertz CT molecular complexity index is 1240. The topological polar surface area (TPSA) is 76.5 Å². The molecule has 1 N–H and O–H groups in total. The van der Waals surface area contributed by atoms with Crippen LogP contribution in [0.2, 0.25) is 0 Å². The predicted molar refractivity (Wildman–Crippen MR) is 123 cm³/mol. The van der Waals surface area contributed by atoms with E-state index in [1.165, 1.54) is 30.7 Å². The summed E-state index contributed by atoms with van der Waals surface area (Å²) in [6, 6.07) is 16.0. The molecule has 1 atom stereocenters. The van der Waals surface area contributed by atoms with Gasteiger partial charge in [0, 0.05) is 37.9 Å². The van der Waals surface area contributed by atoms with Gasteiger partial charge in [-0.15, -0.1) is 0 Å². The summed E-state index contributed by atoms with van der Waals surface area (Å²) >= 11 is 0. The van der Waals surface area contributed by atoms with Crippen molar-refractivity contribution >= 4 is 5.91 Å². The van der Waals surface area contributed by atoms with Crippen LogP contribution in [0.15, 0.2) is 65.5 Å². The van der Waals surface area contributed by atoms with E-state index in [9.17, 15) is 22.8 Å². The van der Waals surface area contributed by atoms with Gasteiger partial charge in [-0.1, -0.05) is 42.5 Å². The number of amides is 1. The summed E-state index contributed by atoms with van der Waals surface area (Å²) < 4.78 is 47.2. The van der Waals surface area contributed by atoms with E-state index in [-0.39, 0.29) is 24.0 Å². The Labute approximate surface area is 200 Å². The second-order valence-corrected chi connectivity index (χ2v) is 8.35. The highest BCUT2D eigenvalue weighted by Crippen LogP contribution is 2.33. The SMILES string of the molecule is Cc1cc(=O)c(C(=O)NCC2CN(Cc3ccccc3)CCO2)nn1-c1ccccc1C(F)(F)F. The van der Waals surface area contributed by atoms with Crippen molar-refractivity contribution in [3.8, 4) is 5.69 Å². The maximum absolute atomic E-state index is 13.5. The van der Waals surface area contributed by atoms with Crippen molar-refractivity contribution < 1.29 is 22.7 Å². The third-order valence-corrected chi connectivity index (χ3v) is 5.72. The predicted octanol–water partition coefficient (Wildman–Crippen LogP) is 3.19. The zero-order valence-corrected chi connectivity index (χ0v) is 19.1. The molecule has 0 saturated carbocycles. The van der Waals surface area contributed by atoms with Gasteiger partial charge in [-0.25, -0.2) is 4.68 Å². The third-order valence-electron chi connectivity index (χ3n) is 5.72. The van der Waals surface area contributed by atoms with Crippen molar-refractivity contribution in [1.82, 2.24) is 20.0 Å². The van der Waals surface area contributed by atoms with E-state index in [0.717, 1.165) is 29.9 Å². The number of ether oxygens (including phenoxy) is 1. The number of morpholine rings is 1. The molecule has 0 radical (unpaired) electrons. The van der Waals surface area contributed by atoms with Crippen LogP contribution in [0.1, 0.15) is 27.3 Å². The summed E-state index contributed by atoms with van der Waals surface area (Å²) in [6.07, 6.45) is -4.92. The van der Waals surface area contributed by atoms with E-state index in [2.05, 4.69) is 15.3 Å². The van der Waals surface area contributed by atoms with Gasteiger partial charge in [0.05, 0.1) is 24.0 Å². The van der Waals surface area contributed by atoms with Crippen LogP contribution < -0.4 is 10.7 Å². The van der Waals surface area contributed by atoms with Crippen LogP contribution in [0.4, 0.5) is 13.2 Å². The smallest absolute Gasteiger partial charge is 0.374 e. The Morgan fingerprint density at radius 2 is 1.86 bits per heavy atom. The molecule has 1 aromatic heterocycles. The van der Waals surface area contributed by atoms with Gasteiger partial charge in [-0.05, 0) is 24.6 Å². The van der Waals surface area contributed by atoms with E-state index in [1.807, 2.05) is 30.3 Å². The molecule has 184 valence electrons. The minimum Gasteiger partial charge on any atom is -0.374 e. The van der Waals surface area contributed by atoms with Gasteiger partial charge in [0.25, 0.3) is 5.91 Å². The lowest BCUT2D eigenvalue weighted by molar-refractivity contribution is -0.137. The molecule has 0 spiro atoms. The third kappa shape index (κ3) is 5.95. The molecule has 1 amide bonds. The maximum Gasteiger partial charge on any atom is 0.418 e. The molecule has 4 rings (SSSR count). The first-order chi connectivity index (χ1) is 16.7. The minimum atomic E-state index is -4.62. The zero-order valence-electron chi connectivity index (χ0n) is 19.1. The lowest BCUT2D eigenvalue weighted by Gasteiger charge is -2.33. The number of hydrogen-bond acceptors (Lipinski definition) is 5. The Hall–Kier alpha value is -3.50. The van der Waals surface area contributed by atoms with E-state index in [4.69, 9.17) is 4.74 Å². The summed E-state index contributed by atoms with van der Waals surface area (Å²) in [5, 5.41) is 6.64. The van der Waals surface area contributed by atoms with E-state index in [1.54, 1.807) is 0 Å². The van der Waals surface area contributed by atoms with Gasteiger partial charge < -0.3 is 10.1 Å². The number of carbonyl (C=O) groups excluding carboxylic acids is 1. The number of carbonyl (C=O) groups is 1. The monoisotopic (exact) mass is 486 g/mol. The van der Waals surface area contributed by atoms with Crippen LogP contribution in [-0.4, -0.2) is 52.9 Å². The molecule has 7 nitrogen and oxygen atoms in total. The Morgan fingerprint density at radius 1 is 1.14 bits per heavy atom. The molecular formula is C25H25F3N4O3. The average molecular weight is 486 g/mol. The van der Waals surface area contributed by atoms with Crippen LogP contribution in [0, 0.1) is 6.92 Å². The highest BCUT2D eigenvalue weighted by Gasteiger charge is 2.34. The number of nitrogens with zero attached hydrogens (tertiary/aromatic N) is 3. The molecule has 2 heterocycles. The lowest BCUT2D eigenvalue weighted by Crippen LogP contribution is -2.47. The number of aromatic nitrogens is 2. The molecule has 1 saturated heterocycles. The van der Waals surface area contributed by atoms with E-state index < -0.39 is 28.8 Å². The summed E-state index contributed by atoms with van der Waals surface area (Å²) in [5.74, 6) is -0.767. The molecule has 0 aliphatic carbocycles. The summed E-state index contributed by atoms with van der Waals surface area (Å²) in [4.78, 5) is 27.4. The van der Waals surface area contributed by atoms with Crippen molar-refractivity contribution in [3.63, 3.8) is 0 Å². The van der Waals surface area contributed by atoms with E-state index in [0.29, 0.717) is 13.2 Å². The molecule has 1 aliphatic rings. The van der Waals surface area contributed by atoms with Gasteiger partial charge in [-0.3, -0.25) is 14.5 Å². The zero-order chi connectivity index (χ0) is 25.0. The fourth-order valence-electron chi connectivity index (χ4n) is 4.03. The largest absolute Gasteiger partial charge is 0.418 e. The van der Waals surface area contributed by atoms with Gasteiger partial charge in [0.15, 0.2) is 5.69 Å². The second kappa shape index (κ2) is 10.4. The molecular weight excluding hydrogens is 461 g/mol. The second-order valence-electron chi connectivity index (χ2n) is 8.35. The highest BCUT2D eigenvalue weighted by atomic mass is 19.4. The quantitative estimate of drug-likeness (QED) is 0.579. The minimum absolute atomic E-state index is 0.137. The molecule has 1 aliphatic heterocycles. The molecule has 1 fully saturated rings. The van der Waals surface area contributed by atoms with Gasteiger partial charge in [-0.2, -0.15) is 18.3 Å². The standard InChI is InChI=1S/C25H25F3N4O3/c1-17-13-22(33)23(30-32(17)21-10-6-5-9-20(21)25(26,27)28)24(34)29-14-19-16-31(11-12-35-19)15-18-7-3-2-4-8-18/h2-10,13,19H,11-12,14-16H2,1H3,(H,29,34). The van der Waals surface area contributed by atoms with Crippen LogP contribution in [0.25, 0.3) is 5.69 Å². The number of aryl methyl sites for hydroxylation is 1. The fourth-order valence-corrected chi connectivity index (χ4v) is 4.03. The first-order valence-corrected chi connectivity index (χ1v) is 11.2. The maximum atomic E-state index is 13.5. The summed E-state index contributed by atoms with van der Waals surface area (Å²) in [5.41, 5.74) is -0.991. The highest BCUT2D eigenvalue weighted by molar-refractivity contribution is 5.92. The van der Waals surface area contributed by atoms with Crippen molar-refractivity contribution in [2.75, 3.05) is 26.2 Å². The lowest BCUT2D eigenvalue weighted by atomic mass is 10.1. The van der Waals surface area contributed by atoms with Crippen LogP contribution in [0.5, 0.6) is 0 Å². The van der Waals surface area contributed by atoms with E-state index >= 15 is 0 Å². The molecule has 0 bridgehead atoms. The summed E-state index contributed by atoms with van der Waals surface area (Å²) in [6.45, 7) is 4.18. The number of benzene rings is 2. The van der Waals surface area contributed by atoms with Crippen LogP contribution in [-0.2, 0) is 17.5 Å². The summed E-state index contributed by atoms with van der Waals surface area (Å²) in [7, 11) is 0. The number of alkyl halides is 3. The van der Waals surface area contributed by atoms with Crippen molar-refractivity contribution in [1.29, 1.82) is 0 Å². The number of halogens is 3. The molecule has 3 aromatic rings. The number of para-hydroxylation sites is 1. The van der Waals surface area contributed by atoms with Crippen molar-refractivity contribution in [2.45, 2.75) is 25.7 Å². The van der Waals surface area contributed by atoms with Crippen molar-refractivity contribution in [2.24, 2.45) is 0 Å². The Morgan fingerprint density at radius 3 is 2.60 bits per heavy atom. The van der Waals surface area contributed by atoms with Gasteiger partial charge in [0.2, 0.25) is 5.43 Å². The molecule has 1 unspecified atom stereocenters. The molecule has 35 heavy (non-hydrogen) atoms. The van der Waals surface area contributed by atoms with Crippen molar-refractivity contribution in [3.05, 3.63) is 93.4 Å². The number of rotatable bonds is 6. The molecule has 10 heteroatoms.